The fourth-order valence-corrected chi connectivity index (χ4v) is 6.32. The Balaban J connectivity index is 1.07. The SMILES string of the molecule is O=C(Nc1nc2c(C(=O)Cc3nc4c(s3)CN(C(=O)c3ccccc3)CC4)cccc2[nH]1)c1cc2ccccc2cn1. The minimum Gasteiger partial charge on any atom is -0.333 e. The number of aromatic nitrogens is 4. The van der Waals surface area contributed by atoms with E-state index < -0.39 is 5.91 Å². The van der Waals surface area contributed by atoms with E-state index >= 15 is 0 Å². The van der Waals surface area contributed by atoms with Crippen molar-refractivity contribution in [2.24, 2.45) is 0 Å². The minimum absolute atomic E-state index is 0.00298. The molecule has 3 aromatic carbocycles. The van der Waals surface area contributed by atoms with E-state index in [1.807, 2.05) is 65.6 Å². The number of hydrogen-bond acceptors (Lipinski definition) is 7. The molecule has 7 rings (SSSR count). The number of nitrogens with zero attached hydrogens (tertiary/aromatic N) is 4. The van der Waals surface area contributed by atoms with E-state index in [-0.39, 0.29) is 29.8 Å². The Morgan fingerprint density at radius 3 is 2.60 bits per heavy atom. The van der Waals surface area contributed by atoms with Crippen molar-refractivity contribution in [1.82, 2.24) is 24.8 Å². The molecule has 2 N–H and O–H groups in total. The summed E-state index contributed by atoms with van der Waals surface area (Å²) in [6, 6.07) is 24.0. The van der Waals surface area contributed by atoms with E-state index in [4.69, 9.17) is 4.98 Å². The van der Waals surface area contributed by atoms with E-state index in [1.54, 1.807) is 24.4 Å². The van der Waals surface area contributed by atoms with E-state index in [2.05, 4.69) is 20.3 Å². The number of aromatic amines is 1. The number of fused-ring (bicyclic) bond motifs is 3. The maximum Gasteiger partial charge on any atom is 0.276 e. The number of rotatable bonds is 6. The molecular weight excluding hydrogens is 548 g/mol. The Hall–Kier alpha value is -5.22. The first-order valence-electron chi connectivity index (χ1n) is 13.5. The van der Waals surface area contributed by atoms with E-state index in [0.29, 0.717) is 46.7 Å². The second kappa shape index (κ2) is 10.6. The van der Waals surface area contributed by atoms with Gasteiger partial charge in [0.1, 0.15) is 16.2 Å². The number of carbonyl (C=O) groups is 3. The molecule has 9 nitrogen and oxygen atoms in total. The lowest BCUT2D eigenvalue weighted by Crippen LogP contribution is -2.35. The predicted molar refractivity (Wildman–Crippen MR) is 161 cm³/mol. The molecule has 10 heteroatoms. The number of carbonyl (C=O) groups excluding carboxylic acids is 3. The summed E-state index contributed by atoms with van der Waals surface area (Å²) in [6.07, 6.45) is 2.44. The number of amides is 2. The summed E-state index contributed by atoms with van der Waals surface area (Å²) >= 11 is 1.47. The number of anilines is 1. The maximum atomic E-state index is 13.4. The standard InChI is InChI=1S/C32H24N6O3S/c39-26(16-28-34-23-13-14-38(18-27(23)42-28)31(41)19-7-2-1-3-8-19)22-11-6-12-24-29(22)36-32(35-24)37-30(40)25-15-20-9-4-5-10-21(20)17-33-25/h1-12,15,17H,13-14,16,18H2,(H2,35,36,37,40). The van der Waals surface area contributed by atoms with Crippen LogP contribution in [0.15, 0.2) is 85.1 Å². The number of Topliss-reactive ketones (excluding diaryl/α,β-unsaturated/α-hetero) is 1. The quantitative estimate of drug-likeness (QED) is 0.256. The van der Waals surface area contributed by atoms with Crippen molar-refractivity contribution in [2.75, 3.05) is 11.9 Å². The topological polar surface area (TPSA) is 121 Å². The number of ketones is 1. The summed E-state index contributed by atoms with van der Waals surface area (Å²) in [7, 11) is 0. The number of hydrogen-bond donors (Lipinski definition) is 2. The zero-order chi connectivity index (χ0) is 28.6. The largest absolute Gasteiger partial charge is 0.333 e. The molecule has 0 bridgehead atoms. The van der Waals surface area contributed by atoms with Crippen LogP contribution < -0.4 is 5.32 Å². The van der Waals surface area contributed by atoms with Crippen molar-refractivity contribution >= 4 is 56.7 Å². The summed E-state index contributed by atoms with van der Waals surface area (Å²) in [5, 5.41) is 5.33. The molecule has 4 heterocycles. The zero-order valence-electron chi connectivity index (χ0n) is 22.3. The van der Waals surface area contributed by atoms with Gasteiger partial charge < -0.3 is 9.88 Å². The van der Waals surface area contributed by atoms with Crippen LogP contribution in [0.3, 0.4) is 0 Å². The second-order valence-electron chi connectivity index (χ2n) is 10.1. The van der Waals surface area contributed by atoms with Gasteiger partial charge >= 0.3 is 0 Å². The molecule has 1 aliphatic heterocycles. The lowest BCUT2D eigenvalue weighted by atomic mass is 10.1. The molecular formula is C32H24N6O3S. The normalized spacial score (nSPS) is 12.8. The molecule has 0 atom stereocenters. The van der Waals surface area contributed by atoms with Crippen molar-refractivity contribution in [3.05, 3.63) is 117 Å². The summed E-state index contributed by atoms with van der Waals surface area (Å²) in [5.74, 6) is -0.291. The average Bonchev–Trinajstić information content (AvgIpc) is 3.63. The number of para-hydroxylation sites is 1. The molecule has 0 spiro atoms. The first kappa shape index (κ1) is 25.7. The van der Waals surface area contributed by atoms with Crippen LogP contribution >= 0.6 is 11.3 Å². The monoisotopic (exact) mass is 572 g/mol. The van der Waals surface area contributed by atoms with Gasteiger partial charge in [0.15, 0.2) is 5.78 Å². The van der Waals surface area contributed by atoms with Crippen molar-refractivity contribution in [1.29, 1.82) is 0 Å². The molecule has 0 radical (unpaired) electrons. The first-order valence-corrected chi connectivity index (χ1v) is 14.3. The molecule has 0 aliphatic carbocycles. The van der Waals surface area contributed by atoms with Crippen LogP contribution in [0.5, 0.6) is 0 Å². The molecule has 3 aromatic heterocycles. The third kappa shape index (κ3) is 4.92. The second-order valence-corrected chi connectivity index (χ2v) is 11.2. The van der Waals surface area contributed by atoms with Gasteiger partial charge in [-0.2, -0.15) is 0 Å². The van der Waals surface area contributed by atoms with Gasteiger partial charge in [0, 0.05) is 40.6 Å². The number of thiazole rings is 1. The lowest BCUT2D eigenvalue weighted by Gasteiger charge is -2.26. The molecule has 0 saturated heterocycles. The average molecular weight is 573 g/mol. The van der Waals surface area contributed by atoms with Gasteiger partial charge in [-0.3, -0.25) is 24.7 Å². The van der Waals surface area contributed by atoms with Crippen LogP contribution in [-0.2, 0) is 19.4 Å². The third-order valence-corrected chi connectivity index (χ3v) is 8.39. The number of imidazole rings is 1. The Bertz CT molecular complexity index is 2000. The Morgan fingerprint density at radius 1 is 0.929 bits per heavy atom. The molecule has 206 valence electrons. The third-order valence-electron chi connectivity index (χ3n) is 7.30. The van der Waals surface area contributed by atoms with E-state index in [1.165, 1.54) is 11.3 Å². The summed E-state index contributed by atoms with van der Waals surface area (Å²) in [6.45, 7) is 1.08. The van der Waals surface area contributed by atoms with Crippen LogP contribution in [0, 0.1) is 0 Å². The molecule has 0 saturated carbocycles. The predicted octanol–water partition coefficient (Wildman–Crippen LogP) is 5.44. The molecule has 0 unspecified atom stereocenters. The van der Waals surface area contributed by atoms with Crippen molar-refractivity contribution in [3.63, 3.8) is 0 Å². The highest BCUT2D eigenvalue weighted by Gasteiger charge is 2.26. The van der Waals surface area contributed by atoms with Crippen molar-refractivity contribution < 1.29 is 14.4 Å². The number of benzene rings is 3. The fourth-order valence-electron chi connectivity index (χ4n) is 5.19. The smallest absolute Gasteiger partial charge is 0.276 e. The zero-order valence-corrected chi connectivity index (χ0v) is 23.1. The first-order chi connectivity index (χ1) is 20.5. The van der Waals surface area contributed by atoms with Crippen LogP contribution in [0.25, 0.3) is 21.8 Å². The fraction of sp³-hybridized carbons (Fsp3) is 0.125. The van der Waals surface area contributed by atoms with E-state index in [0.717, 1.165) is 21.3 Å². The van der Waals surface area contributed by atoms with Crippen LogP contribution in [0.4, 0.5) is 5.95 Å². The minimum atomic E-state index is -0.402. The number of H-pyrrole nitrogens is 1. The Kier molecular flexibility index (Phi) is 6.52. The van der Waals surface area contributed by atoms with Crippen LogP contribution in [-0.4, -0.2) is 49.0 Å². The Morgan fingerprint density at radius 2 is 1.74 bits per heavy atom. The van der Waals surface area contributed by atoms with Gasteiger partial charge in [0.05, 0.1) is 24.2 Å². The van der Waals surface area contributed by atoms with Gasteiger partial charge in [-0.05, 0) is 35.7 Å². The van der Waals surface area contributed by atoms with Gasteiger partial charge in [0.25, 0.3) is 11.8 Å². The summed E-state index contributed by atoms with van der Waals surface area (Å²) < 4.78 is 0. The van der Waals surface area contributed by atoms with Gasteiger partial charge in [-0.1, -0.05) is 48.5 Å². The molecule has 6 aromatic rings. The number of nitrogens with one attached hydrogen (secondary N) is 2. The van der Waals surface area contributed by atoms with Crippen molar-refractivity contribution in [2.45, 2.75) is 19.4 Å². The highest BCUT2D eigenvalue weighted by molar-refractivity contribution is 7.11. The summed E-state index contributed by atoms with van der Waals surface area (Å²) in [4.78, 5) is 58.7. The van der Waals surface area contributed by atoms with Crippen LogP contribution in [0.2, 0.25) is 0 Å². The molecule has 2 amide bonds. The highest BCUT2D eigenvalue weighted by Crippen LogP contribution is 2.28. The highest BCUT2D eigenvalue weighted by atomic mass is 32.1. The molecule has 42 heavy (non-hydrogen) atoms. The Labute approximate surface area is 244 Å². The maximum absolute atomic E-state index is 13.4. The van der Waals surface area contributed by atoms with Gasteiger partial charge in [-0.25, -0.2) is 9.97 Å². The summed E-state index contributed by atoms with van der Waals surface area (Å²) in [5.41, 5.74) is 3.44. The number of pyridine rings is 1. The van der Waals surface area contributed by atoms with Crippen LogP contribution in [0.1, 0.15) is 46.8 Å². The van der Waals surface area contributed by atoms with Gasteiger partial charge in [-0.15, -0.1) is 11.3 Å². The van der Waals surface area contributed by atoms with Crippen molar-refractivity contribution in [3.8, 4) is 0 Å². The lowest BCUT2D eigenvalue weighted by molar-refractivity contribution is 0.0736. The molecule has 1 aliphatic rings. The van der Waals surface area contributed by atoms with Gasteiger partial charge in [0.2, 0.25) is 5.95 Å². The van der Waals surface area contributed by atoms with E-state index in [9.17, 15) is 14.4 Å². The molecule has 0 fully saturated rings.